The van der Waals surface area contributed by atoms with Gasteiger partial charge in [0.2, 0.25) is 10.9 Å². The lowest BCUT2D eigenvalue weighted by Crippen LogP contribution is -1.94. The predicted octanol–water partition coefficient (Wildman–Crippen LogP) is 0.160. The highest BCUT2D eigenvalue weighted by molar-refractivity contribution is 7.73. The van der Waals surface area contributed by atoms with Gasteiger partial charge in [0.25, 0.3) is 6.47 Å². The zero-order valence-corrected chi connectivity index (χ0v) is 7.36. The Morgan fingerprint density at radius 2 is 1.85 bits per heavy atom. The molecule has 0 heterocycles. The predicted molar refractivity (Wildman–Crippen MR) is 47.1 cm³/mol. The second-order valence-electron chi connectivity index (χ2n) is 2.11. The Morgan fingerprint density at radius 1 is 1.23 bits per heavy atom. The van der Waals surface area contributed by atoms with Crippen molar-refractivity contribution < 1.29 is 17.9 Å². The van der Waals surface area contributed by atoms with Crippen molar-refractivity contribution in [3.63, 3.8) is 0 Å². The minimum Gasteiger partial charge on any atom is -0.429 e. The molecule has 0 aromatic heterocycles. The van der Waals surface area contributed by atoms with E-state index in [9.17, 15) is 13.2 Å². The Labute approximate surface area is 76.4 Å². The maximum absolute atomic E-state index is 10.2. The highest BCUT2D eigenvalue weighted by atomic mass is 32.2. The molecule has 0 aliphatic carbocycles. The fourth-order valence-corrected chi connectivity index (χ4v) is 1.13. The molecule has 5 nitrogen and oxygen atoms in total. The summed E-state index contributed by atoms with van der Waals surface area (Å²) in [5.41, 5.74) is 0.425. The minimum absolute atomic E-state index is 0.302. The summed E-state index contributed by atoms with van der Waals surface area (Å²) in [5, 5.41) is 0. The SMILES string of the molecule is O=COc1ccc(N[SH](=O)=O)cc1. The van der Waals surface area contributed by atoms with Crippen LogP contribution in [-0.2, 0) is 15.7 Å². The number of thiol groups is 1. The van der Waals surface area contributed by atoms with Crippen molar-refractivity contribution in [1.82, 2.24) is 0 Å². The van der Waals surface area contributed by atoms with Gasteiger partial charge in [-0.1, -0.05) is 0 Å². The van der Waals surface area contributed by atoms with Crippen LogP contribution in [0.5, 0.6) is 5.75 Å². The normalized spacial score (nSPS) is 9.62. The first kappa shape index (κ1) is 9.53. The molecule has 0 amide bonds. The van der Waals surface area contributed by atoms with Gasteiger partial charge in [-0.3, -0.25) is 9.52 Å². The number of carbonyl (C=O) groups excluding carboxylic acids is 1. The van der Waals surface area contributed by atoms with Crippen molar-refractivity contribution in [3.05, 3.63) is 24.3 Å². The van der Waals surface area contributed by atoms with Crippen molar-refractivity contribution in [2.75, 3.05) is 4.72 Å². The molecule has 6 heteroatoms. The monoisotopic (exact) mass is 201 g/mol. The average molecular weight is 201 g/mol. The van der Waals surface area contributed by atoms with E-state index < -0.39 is 10.9 Å². The van der Waals surface area contributed by atoms with Gasteiger partial charge in [0, 0.05) is 5.69 Å². The standard InChI is InChI=1S/C7H7NO4S/c9-5-12-7-3-1-6(2-4-7)8-13(10)11/h1-5,13H,(H,8,10,11). The summed E-state index contributed by atoms with van der Waals surface area (Å²) < 4.78 is 27.1. The Morgan fingerprint density at radius 3 is 2.31 bits per heavy atom. The van der Waals surface area contributed by atoms with E-state index in [0.717, 1.165) is 0 Å². The number of rotatable bonds is 4. The van der Waals surface area contributed by atoms with Crippen molar-refractivity contribution in [2.24, 2.45) is 0 Å². The summed E-state index contributed by atoms with van der Waals surface area (Å²) in [6, 6.07) is 5.94. The molecule has 0 saturated carbocycles. The van der Waals surface area contributed by atoms with Crippen LogP contribution in [-0.4, -0.2) is 14.9 Å². The van der Waals surface area contributed by atoms with Gasteiger partial charge in [0.1, 0.15) is 5.75 Å². The van der Waals surface area contributed by atoms with Gasteiger partial charge >= 0.3 is 0 Å². The molecule has 0 radical (unpaired) electrons. The van der Waals surface area contributed by atoms with Gasteiger partial charge in [0.15, 0.2) is 0 Å². The summed E-state index contributed by atoms with van der Waals surface area (Å²) in [6.07, 6.45) is 0. The van der Waals surface area contributed by atoms with Gasteiger partial charge in [0.05, 0.1) is 0 Å². The quantitative estimate of drug-likeness (QED) is 0.537. The number of ether oxygens (including phenoxy) is 1. The molecule has 0 aliphatic heterocycles. The molecule has 0 unspecified atom stereocenters. The zero-order chi connectivity index (χ0) is 9.68. The lowest BCUT2D eigenvalue weighted by molar-refractivity contribution is -0.120. The van der Waals surface area contributed by atoms with Crippen LogP contribution in [0.3, 0.4) is 0 Å². The molecule has 1 aromatic rings. The molecule has 0 atom stereocenters. The summed E-state index contributed by atoms with van der Waals surface area (Å²) in [7, 11) is -2.65. The minimum atomic E-state index is -2.65. The molecule has 0 aliphatic rings. The summed E-state index contributed by atoms with van der Waals surface area (Å²) in [4.78, 5) is 9.90. The van der Waals surface area contributed by atoms with E-state index in [1.165, 1.54) is 24.3 Å². The maximum atomic E-state index is 10.2. The number of nitrogens with one attached hydrogen (secondary N) is 1. The molecule has 0 bridgehead atoms. The Bertz CT molecular complexity index is 349. The molecule has 1 N–H and O–H groups in total. The number of hydrogen-bond donors (Lipinski definition) is 2. The second kappa shape index (κ2) is 4.46. The van der Waals surface area contributed by atoms with Crippen LogP contribution >= 0.6 is 0 Å². The van der Waals surface area contributed by atoms with Crippen LogP contribution in [0.1, 0.15) is 0 Å². The smallest absolute Gasteiger partial charge is 0.298 e. The van der Waals surface area contributed by atoms with E-state index in [1.807, 2.05) is 0 Å². The van der Waals surface area contributed by atoms with E-state index in [4.69, 9.17) is 0 Å². The molecule has 1 aromatic carbocycles. The fourth-order valence-electron chi connectivity index (χ4n) is 0.769. The molecule has 0 fully saturated rings. The number of benzene rings is 1. The highest BCUT2D eigenvalue weighted by Crippen LogP contribution is 2.14. The molecular formula is C7H7NO4S. The van der Waals surface area contributed by atoms with Crippen LogP contribution in [0.15, 0.2) is 24.3 Å². The van der Waals surface area contributed by atoms with E-state index in [1.54, 1.807) is 0 Å². The zero-order valence-electron chi connectivity index (χ0n) is 6.47. The first-order valence-corrected chi connectivity index (χ1v) is 4.51. The van der Waals surface area contributed by atoms with E-state index in [2.05, 4.69) is 9.46 Å². The highest BCUT2D eigenvalue weighted by Gasteiger charge is 1.93. The third-order valence-corrected chi connectivity index (χ3v) is 1.70. The summed E-state index contributed by atoms with van der Waals surface area (Å²) >= 11 is 0. The lowest BCUT2D eigenvalue weighted by atomic mass is 10.3. The topological polar surface area (TPSA) is 72.5 Å². The van der Waals surface area contributed by atoms with Crippen LogP contribution in [0.2, 0.25) is 0 Å². The second-order valence-corrected chi connectivity index (χ2v) is 2.85. The fraction of sp³-hybridized carbons (Fsp3) is 0. The van der Waals surface area contributed by atoms with E-state index >= 15 is 0 Å². The van der Waals surface area contributed by atoms with Gasteiger partial charge in [-0.05, 0) is 24.3 Å². The van der Waals surface area contributed by atoms with Crippen LogP contribution < -0.4 is 9.46 Å². The third kappa shape index (κ3) is 3.12. The number of hydrogen-bond acceptors (Lipinski definition) is 4. The molecule has 0 saturated heterocycles. The molecular weight excluding hydrogens is 194 g/mol. The van der Waals surface area contributed by atoms with Crippen LogP contribution in [0.4, 0.5) is 5.69 Å². The number of carbonyl (C=O) groups is 1. The molecule has 1 rings (SSSR count). The van der Waals surface area contributed by atoms with Crippen molar-refractivity contribution >= 4 is 23.0 Å². The number of anilines is 1. The summed E-state index contributed by atoms with van der Waals surface area (Å²) in [6.45, 7) is 0.302. The first-order valence-electron chi connectivity index (χ1n) is 3.34. The molecule has 70 valence electrons. The lowest BCUT2D eigenvalue weighted by Gasteiger charge is -1.99. The van der Waals surface area contributed by atoms with E-state index in [-0.39, 0.29) is 0 Å². The first-order chi connectivity index (χ1) is 6.22. The van der Waals surface area contributed by atoms with Gasteiger partial charge in [-0.2, -0.15) is 0 Å². The summed E-state index contributed by atoms with van der Waals surface area (Å²) in [5.74, 6) is 0.363. The Balaban J connectivity index is 2.74. The Hall–Kier alpha value is -1.56. The van der Waals surface area contributed by atoms with Gasteiger partial charge in [-0.15, -0.1) is 0 Å². The molecule has 13 heavy (non-hydrogen) atoms. The van der Waals surface area contributed by atoms with Gasteiger partial charge < -0.3 is 4.74 Å². The maximum Gasteiger partial charge on any atom is 0.298 e. The van der Waals surface area contributed by atoms with Gasteiger partial charge in [-0.25, -0.2) is 8.42 Å². The average Bonchev–Trinajstić information content (AvgIpc) is 2.08. The molecule has 0 spiro atoms. The van der Waals surface area contributed by atoms with Crippen molar-refractivity contribution in [3.8, 4) is 5.75 Å². The third-order valence-electron chi connectivity index (χ3n) is 1.26. The van der Waals surface area contributed by atoms with Crippen LogP contribution in [0.25, 0.3) is 0 Å². The van der Waals surface area contributed by atoms with Crippen LogP contribution in [0, 0.1) is 0 Å². The largest absolute Gasteiger partial charge is 0.429 e. The van der Waals surface area contributed by atoms with Crippen molar-refractivity contribution in [1.29, 1.82) is 0 Å². The Kier molecular flexibility index (Phi) is 3.27. The van der Waals surface area contributed by atoms with E-state index in [0.29, 0.717) is 17.9 Å². The van der Waals surface area contributed by atoms with Crippen molar-refractivity contribution in [2.45, 2.75) is 0 Å².